The van der Waals surface area contributed by atoms with Gasteiger partial charge in [-0.1, -0.05) is 28.1 Å². The van der Waals surface area contributed by atoms with E-state index in [-0.39, 0.29) is 5.91 Å². The Hall–Kier alpha value is -0.870. The predicted octanol–water partition coefficient (Wildman–Crippen LogP) is 3.45. The van der Waals surface area contributed by atoms with Gasteiger partial charge in [0.15, 0.2) is 0 Å². The lowest BCUT2D eigenvalue weighted by Gasteiger charge is -2.39. The number of rotatable bonds is 3. The molecular weight excluding hydrogens is 316 g/mol. The molecule has 1 fully saturated rings. The van der Waals surface area contributed by atoms with E-state index in [4.69, 9.17) is 0 Å². The van der Waals surface area contributed by atoms with E-state index < -0.39 is 0 Å². The van der Waals surface area contributed by atoms with Gasteiger partial charge in [0, 0.05) is 43.6 Å². The van der Waals surface area contributed by atoms with Crippen LogP contribution in [0.25, 0.3) is 0 Å². The molecule has 0 bridgehead atoms. The van der Waals surface area contributed by atoms with Crippen LogP contribution >= 0.6 is 15.9 Å². The number of hydrogen-bond acceptors (Lipinski definition) is 2. The van der Waals surface area contributed by atoms with E-state index in [2.05, 4.69) is 52.0 Å². The number of hydrogen-bond donors (Lipinski definition) is 0. The number of benzene rings is 1. The van der Waals surface area contributed by atoms with E-state index in [9.17, 15) is 4.79 Å². The standard InChI is InChI=1S/C16H23BrN2O/c1-12(14-4-6-15(17)7-5-14)19-10-8-16(9-11-19)18(3)13(2)20/h4-7,12,16H,8-11H2,1-3H3/t12-/m1/s1. The van der Waals surface area contributed by atoms with Gasteiger partial charge < -0.3 is 4.90 Å². The normalized spacial score (nSPS) is 18.8. The molecule has 4 heteroatoms. The second-order valence-electron chi connectivity index (χ2n) is 5.62. The van der Waals surface area contributed by atoms with Crippen molar-refractivity contribution in [2.75, 3.05) is 20.1 Å². The fourth-order valence-corrected chi connectivity index (χ4v) is 3.13. The molecule has 0 unspecified atom stereocenters. The minimum Gasteiger partial charge on any atom is -0.343 e. The Kier molecular flexibility index (Phi) is 5.22. The van der Waals surface area contributed by atoms with Crippen LogP contribution in [0.1, 0.15) is 38.3 Å². The fourth-order valence-electron chi connectivity index (χ4n) is 2.87. The fraction of sp³-hybridized carbons (Fsp3) is 0.562. The smallest absolute Gasteiger partial charge is 0.219 e. The molecule has 0 aromatic heterocycles. The summed E-state index contributed by atoms with van der Waals surface area (Å²) in [7, 11) is 1.92. The zero-order valence-corrected chi connectivity index (χ0v) is 14.1. The van der Waals surface area contributed by atoms with Gasteiger partial charge in [-0.2, -0.15) is 0 Å². The summed E-state index contributed by atoms with van der Waals surface area (Å²) in [5.74, 6) is 0.171. The number of carbonyl (C=O) groups is 1. The van der Waals surface area contributed by atoms with Gasteiger partial charge in [0.2, 0.25) is 5.91 Å². The Bertz CT molecular complexity index is 452. The highest BCUT2D eigenvalue weighted by Gasteiger charge is 2.26. The van der Waals surface area contributed by atoms with Crippen molar-refractivity contribution in [2.24, 2.45) is 0 Å². The highest BCUT2D eigenvalue weighted by Crippen LogP contribution is 2.26. The Balaban J connectivity index is 1.93. The molecule has 0 saturated carbocycles. The lowest BCUT2D eigenvalue weighted by Crippen LogP contribution is -2.45. The first-order chi connectivity index (χ1) is 9.49. The molecule has 1 saturated heterocycles. The van der Waals surface area contributed by atoms with Gasteiger partial charge in [0.05, 0.1) is 0 Å². The minimum atomic E-state index is 0.171. The highest BCUT2D eigenvalue weighted by atomic mass is 79.9. The summed E-state index contributed by atoms with van der Waals surface area (Å²) < 4.78 is 1.12. The molecular formula is C16H23BrN2O. The van der Waals surface area contributed by atoms with E-state index in [1.54, 1.807) is 6.92 Å². The number of halogens is 1. The molecule has 2 rings (SSSR count). The molecule has 1 amide bonds. The zero-order chi connectivity index (χ0) is 14.7. The first kappa shape index (κ1) is 15.5. The van der Waals surface area contributed by atoms with Crippen molar-refractivity contribution in [1.29, 1.82) is 0 Å². The summed E-state index contributed by atoms with van der Waals surface area (Å²) >= 11 is 3.48. The van der Waals surface area contributed by atoms with Gasteiger partial charge in [0.25, 0.3) is 0 Å². The molecule has 3 nitrogen and oxygen atoms in total. The van der Waals surface area contributed by atoms with Gasteiger partial charge in [0.1, 0.15) is 0 Å². The predicted molar refractivity (Wildman–Crippen MR) is 85.6 cm³/mol. The number of carbonyl (C=O) groups excluding carboxylic acids is 1. The molecule has 0 radical (unpaired) electrons. The lowest BCUT2D eigenvalue weighted by molar-refractivity contribution is -0.130. The topological polar surface area (TPSA) is 23.6 Å². The summed E-state index contributed by atoms with van der Waals surface area (Å²) in [6.45, 7) is 6.02. The van der Waals surface area contributed by atoms with Gasteiger partial charge in [-0.05, 0) is 37.5 Å². The average Bonchev–Trinajstić information content (AvgIpc) is 2.46. The molecule has 1 heterocycles. The largest absolute Gasteiger partial charge is 0.343 e. The summed E-state index contributed by atoms with van der Waals surface area (Å²) in [5, 5.41) is 0. The highest BCUT2D eigenvalue weighted by molar-refractivity contribution is 9.10. The van der Waals surface area contributed by atoms with Crippen molar-refractivity contribution < 1.29 is 4.79 Å². The maximum atomic E-state index is 11.4. The summed E-state index contributed by atoms with van der Waals surface area (Å²) in [6, 6.07) is 9.41. The number of amides is 1. The Labute approximate surface area is 130 Å². The molecule has 1 aromatic rings. The van der Waals surface area contributed by atoms with Gasteiger partial charge in [-0.3, -0.25) is 9.69 Å². The van der Waals surface area contributed by atoms with E-state index in [0.29, 0.717) is 12.1 Å². The van der Waals surface area contributed by atoms with Crippen LogP contribution in [0.3, 0.4) is 0 Å². The van der Waals surface area contributed by atoms with E-state index >= 15 is 0 Å². The van der Waals surface area contributed by atoms with Crippen LogP contribution in [0, 0.1) is 0 Å². The second kappa shape index (κ2) is 6.72. The maximum Gasteiger partial charge on any atom is 0.219 e. The van der Waals surface area contributed by atoms with E-state index in [1.165, 1.54) is 5.56 Å². The minimum absolute atomic E-state index is 0.171. The van der Waals surface area contributed by atoms with Gasteiger partial charge >= 0.3 is 0 Å². The molecule has 1 aliphatic heterocycles. The molecule has 1 aromatic carbocycles. The van der Waals surface area contributed by atoms with E-state index in [1.807, 2.05) is 11.9 Å². The monoisotopic (exact) mass is 338 g/mol. The van der Waals surface area contributed by atoms with Crippen molar-refractivity contribution in [2.45, 2.75) is 38.8 Å². The van der Waals surface area contributed by atoms with Crippen molar-refractivity contribution in [1.82, 2.24) is 9.80 Å². The van der Waals surface area contributed by atoms with E-state index in [0.717, 1.165) is 30.4 Å². The second-order valence-corrected chi connectivity index (χ2v) is 6.54. The van der Waals surface area contributed by atoms with Crippen molar-refractivity contribution in [3.8, 4) is 0 Å². The molecule has 0 aliphatic carbocycles. The van der Waals surface area contributed by atoms with Crippen molar-refractivity contribution >= 4 is 21.8 Å². The summed E-state index contributed by atoms with van der Waals surface area (Å²) in [6.07, 6.45) is 2.13. The summed E-state index contributed by atoms with van der Waals surface area (Å²) in [5.41, 5.74) is 1.35. The number of likely N-dealkylation sites (tertiary alicyclic amines) is 1. The lowest BCUT2D eigenvalue weighted by atomic mass is 9.99. The van der Waals surface area contributed by atoms with Crippen LogP contribution in [0.5, 0.6) is 0 Å². The Morgan fingerprint density at radius 2 is 1.85 bits per heavy atom. The first-order valence-corrected chi connectivity index (χ1v) is 8.01. The Morgan fingerprint density at radius 1 is 1.30 bits per heavy atom. The number of nitrogens with zero attached hydrogens (tertiary/aromatic N) is 2. The summed E-state index contributed by atoms with van der Waals surface area (Å²) in [4.78, 5) is 15.8. The quantitative estimate of drug-likeness (QED) is 0.842. The molecule has 20 heavy (non-hydrogen) atoms. The van der Waals surface area contributed by atoms with Gasteiger partial charge in [-0.25, -0.2) is 0 Å². The van der Waals surface area contributed by atoms with Crippen LogP contribution < -0.4 is 0 Å². The Morgan fingerprint density at radius 3 is 2.35 bits per heavy atom. The SMILES string of the molecule is CC(=O)N(C)C1CCN([C@H](C)c2ccc(Br)cc2)CC1. The van der Waals surface area contributed by atoms with Crippen LogP contribution in [-0.2, 0) is 4.79 Å². The third-order valence-corrected chi connectivity index (χ3v) is 4.97. The maximum absolute atomic E-state index is 11.4. The van der Waals surface area contributed by atoms with Crippen LogP contribution in [0.4, 0.5) is 0 Å². The third kappa shape index (κ3) is 3.61. The number of piperidine rings is 1. The van der Waals surface area contributed by atoms with Crippen LogP contribution in [-0.4, -0.2) is 41.9 Å². The van der Waals surface area contributed by atoms with Crippen molar-refractivity contribution in [3.63, 3.8) is 0 Å². The molecule has 0 spiro atoms. The van der Waals surface area contributed by atoms with Gasteiger partial charge in [-0.15, -0.1) is 0 Å². The molecule has 1 aliphatic rings. The molecule has 110 valence electrons. The first-order valence-electron chi connectivity index (χ1n) is 7.22. The average molecular weight is 339 g/mol. The molecule has 1 atom stereocenters. The van der Waals surface area contributed by atoms with Crippen LogP contribution in [0.15, 0.2) is 28.7 Å². The zero-order valence-electron chi connectivity index (χ0n) is 12.5. The third-order valence-electron chi connectivity index (χ3n) is 4.44. The van der Waals surface area contributed by atoms with Crippen LogP contribution in [0.2, 0.25) is 0 Å². The van der Waals surface area contributed by atoms with Crippen molar-refractivity contribution in [3.05, 3.63) is 34.3 Å². The molecule has 0 N–H and O–H groups in total.